The number of hydrogen-bond donors (Lipinski definition) is 1. The van der Waals surface area contributed by atoms with Crippen molar-refractivity contribution in [1.29, 1.82) is 5.26 Å². The molecule has 1 aliphatic rings. The van der Waals surface area contributed by atoms with Crippen LogP contribution in [-0.4, -0.2) is 26.8 Å². The molecule has 2 rings (SSSR count). The lowest BCUT2D eigenvalue weighted by molar-refractivity contribution is 0.414. The van der Waals surface area contributed by atoms with Crippen LogP contribution < -0.4 is 10.1 Å². The number of methoxy groups -OCH3 is 1. The number of hydrogen-bond acceptors (Lipinski definition) is 5. The van der Waals surface area contributed by atoms with E-state index in [4.69, 9.17) is 10.00 Å². The van der Waals surface area contributed by atoms with Gasteiger partial charge < -0.3 is 10.1 Å². The summed E-state index contributed by atoms with van der Waals surface area (Å²) in [5.74, 6) is 0.578. The minimum Gasteiger partial charge on any atom is -0.497 e. The van der Waals surface area contributed by atoms with Gasteiger partial charge in [0.15, 0.2) is 15.1 Å². The van der Waals surface area contributed by atoms with E-state index in [1.807, 2.05) is 6.07 Å². The summed E-state index contributed by atoms with van der Waals surface area (Å²) in [5.41, 5.74) is 0.489. The number of benzene rings is 1. The Bertz CT molecular complexity index is 589. The normalized spacial score (nSPS) is 25.2. The van der Waals surface area contributed by atoms with Crippen LogP contribution in [0.1, 0.15) is 6.92 Å². The Hall–Kier alpha value is -1.74. The molecule has 17 heavy (non-hydrogen) atoms. The monoisotopic (exact) mass is 252 g/mol. The lowest BCUT2D eigenvalue weighted by Gasteiger charge is -2.28. The lowest BCUT2D eigenvalue weighted by Crippen LogP contribution is -2.40. The molecule has 1 aromatic carbocycles. The van der Waals surface area contributed by atoms with Gasteiger partial charge in [-0.2, -0.15) is 5.26 Å². The van der Waals surface area contributed by atoms with Gasteiger partial charge in [0, 0.05) is 6.07 Å². The second kappa shape index (κ2) is 3.93. The maximum atomic E-state index is 12.1. The SMILES string of the molecule is COc1ccc2c(c1)NC(C)C(C#N)S2(=O)=O. The number of sulfone groups is 1. The molecule has 0 spiro atoms. The smallest absolute Gasteiger partial charge is 0.198 e. The van der Waals surface area contributed by atoms with Crippen LogP contribution in [0, 0.1) is 11.3 Å². The number of fused-ring (bicyclic) bond motifs is 1. The Balaban J connectivity index is 2.62. The first-order chi connectivity index (χ1) is 8.00. The van der Waals surface area contributed by atoms with Crippen LogP contribution in [0.25, 0.3) is 0 Å². The maximum absolute atomic E-state index is 12.1. The van der Waals surface area contributed by atoms with Crippen molar-refractivity contribution in [3.05, 3.63) is 18.2 Å². The highest BCUT2D eigenvalue weighted by Gasteiger charge is 2.38. The maximum Gasteiger partial charge on any atom is 0.198 e. The van der Waals surface area contributed by atoms with Crippen molar-refractivity contribution < 1.29 is 13.2 Å². The molecule has 90 valence electrons. The summed E-state index contributed by atoms with van der Waals surface area (Å²) in [7, 11) is -2.07. The molecule has 0 radical (unpaired) electrons. The van der Waals surface area contributed by atoms with Crippen LogP contribution >= 0.6 is 0 Å². The van der Waals surface area contributed by atoms with E-state index in [1.165, 1.54) is 13.2 Å². The van der Waals surface area contributed by atoms with E-state index < -0.39 is 21.1 Å². The molecule has 0 fully saturated rings. The van der Waals surface area contributed by atoms with E-state index in [0.717, 1.165) is 0 Å². The van der Waals surface area contributed by atoms with Gasteiger partial charge in [0.1, 0.15) is 5.75 Å². The molecular formula is C11H12N2O3S. The molecular weight excluding hydrogens is 240 g/mol. The molecule has 0 bridgehead atoms. The number of anilines is 1. The molecule has 0 saturated carbocycles. The average Bonchev–Trinajstić information content (AvgIpc) is 2.28. The van der Waals surface area contributed by atoms with E-state index in [-0.39, 0.29) is 4.90 Å². The van der Waals surface area contributed by atoms with Gasteiger partial charge >= 0.3 is 0 Å². The van der Waals surface area contributed by atoms with E-state index in [9.17, 15) is 8.42 Å². The Morgan fingerprint density at radius 3 is 2.76 bits per heavy atom. The van der Waals surface area contributed by atoms with Gasteiger partial charge in [0.25, 0.3) is 0 Å². The van der Waals surface area contributed by atoms with Crippen LogP contribution in [0.15, 0.2) is 23.1 Å². The highest BCUT2D eigenvalue weighted by atomic mass is 32.2. The molecule has 0 saturated heterocycles. The molecule has 6 heteroatoms. The summed E-state index contributed by atoms with van der Waals surface area (Å²) in [5, 5.41) is 10.9. The first-order valence-corrected chi connectivity index (χ1v) is 6.63. The van der Waals surface area contributed by atoms with E-state index in [2.05, 4.69) is 5.32 Å². The van der Waals surface area contributed by atoms with Crippen LogP contribution in [0.3, 0.4) is 0 Å². The first kappa shape index (κ1) is 11.7. The number of rotatable bonds is 1. The van der Waals surface area contributed by atoms with Crippen molar-refractivity contribution in [1.82, 2.24) is 0 Å². The summed E-state index contributed by atoms with van der Waals surface area (Å²) in [6.07, 6.45) is 0. The van der Waals surface area contributed by atoms with Crippen molar-refractivity contribution >= 4 is 15.5 Å². The van der Waals surface area contributed by atoms with Crippen LogP contribution in [0.4, 0.5) is 5.69 Å². The van der Waals surface area contributed by atoms with Crippen LogP contribution in [0.2, 0.25) is 0 Å². The molecule has 1 aromatic rings. The van der Waals surface area contributed by atoms with Gasteiger partial charge in [0.05, 0.1) is 29.8 Å². The molecule has 2 unspecified atom stereocenters. The fourth-order valence-corrected chi connectivity index (χ4v) is 3.60. The predicted molar refractivity (Wildman–Crippen MR) is 62.7 cm³/mol. The lowest BCUT2D eigenvalue weighted by atomic mass is 10.2. The van der Waals surface area contributed by atoms with E-state index in [1.54, 1.807) is 19.1 Å². The number of ether oxygens (including phenoxy) is 1. The molecule has 0 amide bonds. The molecule has 1 N–H and O–H groups in total. The molecule has 0 aromatic heterocycles. The fourth-order valence-electron chi connectivity index (χ4n) is 1.90. The number of nitriles is 1. The third-order valence-corrected chi connectivity index (χ3v) is 4.94. The van der Waals surface area contributed by atoms with Gasteiger partial charge in [-0.25, -0.2) is 8.42 Å². The molecule has 1 heterocycles. The molecule has 0 aliphatic carbocycles. The Morgan fingerprint density at radius 1 is 1.47 bits per heavy atom. The van der Waals surface area contributed by atoms with Crippen molar-refractivity contribution in [3.8, 4) is 11.8 Å². The van der Waals surface area contributed by atoms with Gasteiger partial charge in [-0.05, 0) is 19.1 Å². The molecule has 5 nitrogen and oxygen atoms in total. The van der Waals surface area contributed by atoms with Gasteiger partial charge in [-0.3, -0.25) is 0 Å². The quantitative estimate of drug-likeness (QED) is 0.811. The van der Waals surface area contributed by atoms with Crippen molar-refractivity contribution in [3.63, 3.8) is 0 Å². The van der Waals surface area contributed by atoms with Crippen LogP contribution in [0.5, 0.6) is 5.75 Å². The zero-order valence-electron chi connectivity index (χ0n) is 9.47. The minimum absolute atomic E-state index is 0.156. The van der Waals surface area contributed by atoms with Crippen LogP contribution in [-0.2, 0) is 9.84 Å². The third kappa shape index (κ3) is 1.72. The number of nitrogens with zero attached hydrogens (tertiary/aromatic N) is 1. The standard InChI is InChI=1S/C11H12N2O3S/c1-7-11(6-12)17(14,15)10-4-3-8(16-2)5-9(10)13-7/h3-5,7,11,13H,1-2H3. The second-order valence-corrected chi connectivity index (χ2v) is 5.93. The third-order valence-electron chi connectivity index (χ3n) is 2.79. The molecule has 1 aliphatic heterocycles. The summed E-state index contributed by atoms with van der Waals surface area (Å²) in [4.78, 5) is 0.156. The summed E-state index contributed by atoms with van der Waals surface area (Å²) >= 11 is 0. The summed E-state index contributed by atoms with van der Waals surface area (Å²) < 4.78 is 29.3. The van der Waals surface area contributed by atoms with Gasteiger partial charge in [0.2, 0.25) is 0 Å². The first-order valence-electron chi connectivity index (χ1n) is 5.09. The second-order valence-electron chi connectivity index (χ2n) is 3.89. The Morgan fingerprint density at radius 2 is 2.18 bits per heavy atom. The average molecular weight is 252 g/mol. The predicted octanol–water partition coefficient (Wildman–Crippen LogP) is 1.18. The summed E-state index contributed by atoms with van der Waals surface area (Å²) in [6.45, 7) is 1.67. The Kier molecular flexibility index (Phi) is 2.71. The van der Waals surface area contributed by atoms with E-state index in [0.29, 0.717) is 11.4 Å². The largest absolute Gasteiger partial charge is 0.497 e. The van der Waals surface area contributed by atoms with E-state index >= 15 is 0 Å². The highest BCUT2D eigenvalue weighted by molar-refractivity contribution is 7.92. The molecule has 2 atom stereocenters. The summed E-state index contributed by atoms with van der Waals surface area (Å²) in [6, 6.07) is 6.05. The highest BCUT2D eigenvalue weighted by Crippen LogP contribution is 2.34. The number of nitrogens with one attached hydrogen (secondary N) is 1. The zero-order valence-corrected chi connectivity index (χ0v) is 10.3. The van der Waals surface area contributed by atoms with Crippen molar-refractivity contribution in [2.75, 3.05) is 12.4 Å². The minimum atomic E-state index is -3.59. The van der Waals surface area contributed by atoms with Gasteiger partial charge in [-0.1, -0.05) is 0 Å². The Labute approximate surface area is 99.9 Å². The van der Waals surface area contributed by atoms with Crippen molar-refractivity contribution in [2.24, 2.45) is 0 Å². The van der Waals surface area contributed by atoms with Crippen molar-refractivity contribution in [2.45, 2.75) is 23.1 Å². The van der Waals surface area contributed by atoms with Gasteiger partial charge in [-0.15, -0.1) is 0 Å². The topological polar surface area (TPSA) is 79.2 Å². The zero-order chi connectivity index (χ0) is 12.6. The fraction of sp³-hybridized carbons (Fsp3) is 0.364.